The van der Waals surface area contributed by atoms with Gasteiger partial charge in [-0.05, 0) is 23.6 Å². The van der Waals surface area contributed by atoms with Crippen LogP contribution in [0.1, 0.15) is 27.5 Å². The number of carboxylic acid groups (broad SMARTS) is 1. The number of fused-ring (bicyclic) bond motifs is 1. The van der Waals surface area contributed by atoms with E-state index in [1.54, 1.807) is 0 Å². The predicted octanol–water partition coefficient (Wildman–Crippen LogP) is 1.28. The lowest BCUT2D eigenvalue weighted by Gasteiger charge is -2.30. The summed E-state index contributed by atoms with van der Waals surface area (Å²) < 4.78 is 1.24. The first-order valence-corrected chi connectivity index (χ1v) is 6.04. The lowest BCUT2D eigenvalue weighted by atomic mass is 9.78. The molecule has 0 saturated heterocycles. The molecule has 1 atom stereocenters. The molecule has 0 fully saturated rings. The molecule has 1 aromatic carbocycles. The summed E-state index contributed by atoms with van der Waals surface area (Å²) >= 11 is 0. The van der Waals surface area contributed by atoms with Gasteiger partial charge in [0.1, 0.15) is 0 Å². The van der Waals surface area contributed by atoms with E-state index in [1.807, 2.05) is 18.2 Å². The Hall–Kier alpha value is -2.43. The normalized spacial score (nSPS) is 16.5. The summed E-state index contributed by atoms with van der Waals surface area (Å²) in [5.41, 5.74) is 2.13. The highest BCUT2D eigenvalue weighted by Crippen LogP contribution is 2.35. The minimum Gasteiger partial charge on any atom is -0.476 e. The lowest BCUT2D eigenvalue weighted by molar-refractivity contribution is 0.0687. The van der Waals surface area contributed by atoms with Crippen LogP contribution >= 0.6 is 0 Å². The Kier molecular flexibility index (Phi) is 2.67. The highest BCUT2D eigenvalue weighted by Gasteiger charge is 2.26. The van der Waals surface area contributed by atoms with Gasteiger partial charge in [-0.25, -0.2) is 9.48 Å². The van der Waals surface area contributed by atoms with Gasteiger partial charge in [-0.1, -0.05) is 24.3 Å². The van der Waals surface area contributed by atoms with Crippen molar-refractivity contribution in [3.8, 4) is 0 Å². The van der Waals surface area contributed by atoms with E-state index < -0.39 is 5.97 Å². The number of aromatic carboxylic acids is 1. The van der Waals surface area contributed by atoms with Gasteiger partial charge in [0.05, 0.1) is 6.54 Å². The van der Waals surface area contributed by atoms with Gasteiger partial charge in [0.25, 0.3) is 5.56 Å². The molecule has 0 radical (unpaired) electrons. The Morgan fingerprint density at radius 1 is 1.32 bits per heavy atom. The number of hydrogen-bond donors (Lipinski definition) is 1. The summed E-state index contributed by atoms with van der Waals surface area (Å²) in [4.78, 5) is 22.5. The molecule has 2 aromatic rings. The van der Waals surface area contributed by atoms with E-state index in [1.165, 1.54) is 27.9 Å². The number of aromatic nitrogens is 2. The molecule has 0 aliphatic heterocycles. The highest BCUT2D eigenvalue weighted by atomic mass is 16.4. The van der Waals surface area contributed by atoms with Crippen molar-refractivity contribution in [3.05, 3.63) is 63.6 Å². The quantitative estimate of drug-likeness (QED) is 0.898. The third kappa shape index (κ3) is 2.03. The topological polar surface area (TPSA) is 72.2 Å². The van der Waals surface area contributed by atoms with Crippen molar-refractivity contribution in [2.45, 2.75) is 18.9 Å². The Bertz CT molecular complexity index is 706. The predicted molar refractivity (Wildman–Crippen MR) is 68.3 cm³/mol. The first-order valence-electron chi connectivity index (χ1n) is 6.04. The Labute approximate surface area is 109 Å². The van der Waals surface area contributed by atoms with Gasteiger partial charge in [-0.3, -0.25) is 4.79 Å². The second-order valence-electron chi connectivity index (χ2n) is 4.64. The zero-order chi connectivity index (χ0) is 13.4. The lowest BCUT2D eigenvalue weighted by Crippen LogP contribution is -2.30. The minimum atomic E-state index is -1.12. The van der Waals surface area contributed by atoms with Crippen LogP contribution < -0.4 is 5.56 Å². The molecule has 1 unspecified atom stereocenters. The maximum atomic E-state index is 11.7. The van der Waals surface area contributed by atoms with Crippen molar-refractivity contribution in [2.75, 3.05) is 0 Å². The van der Waals surface area contributed by atoms with E-state index in [2.05, 4.69) is 11.2 Å². The summed E-state index contributed by atoms with van der Waals surface area (Å²) in [6.45, 7) is 0.428. The van der Waals surface area contributed by atoms with Crippen LogP contribution in [0.25, 0.3) is 0 Å². The second-order valence-corrected chi connectivity index (χ2v) is 4.64. The van der Waals surface area contributed by atoms with Crippen molar-refractivity contribution in [1.82, 2.24) is 9.78 Å². The Morgan fingerprint density at radius 2 is 2.11 bits per heavy atom. The molecule has 1 aromatic heterocycles. The molecule has 0 amide bonds. The molecule has 0 bridgehead atoms. The average molecular weight is 256 g/mol. The monoisotopic (exact) mass is 256 g/mol. The third-order valence-corrected chi connectivity index (χ3v) is 3.44. The van der Waals surface area contributed by atoms with Crippen LogP contribution in [0.4, 0.5) is 0 Å². The maximum Gasteiger partial charge on any atom is 0.356 e. The number of hydrogen-bond acceptors (Lipinski definition) is 3. The van der Waals surface area contributed by atoms with Crippen LogP contribution in [0.5, 0.6) is 0 Å². The highest BCUT2D eigenvalue weighted by molar-refractivity contribution is 5.84. The van der Waals surface area contributed by atoms with E-state index in [4.69, 9.17) is 5.11 Å². The number of benzene rings is 1. The van der Waals surface area contributed by atoms with Crippen LogP contribution in [-0.2, 0) is 13.0 Å². The van der Waals surface area contributed by atoms with Crippen LogP contribution in [-0.4, -0.2) is 20.9 Å². The molecule has 1 aliphatic rings. The van der Waals surface area contributed by atoms with Gasteiger partial charge in [-0.15, -0.1) is 0 Å². The van der Waals surface area contributed by atoms with Gasteiger partial charge in [0.2, 0.25) is 0 Å². The molecule has 1 N–H and O–H groups in total. The van der Waals surface area contributed by atoms with Crippen molar-refractivity contribution >= 4 is 5.97 Å². The first kappa shape index (κ1) is 11.6. The van der Waals surface area contributed by atoms with E-state index >= 15 is 0 Å². The number of carboxylic acids is 1. The van der Waals surface area contributed by atoms with Crippen molar-refractivity contribution in [1.29, 1.82) is 0 Å². The van der Waals surface area contributed by atoms with Gasteiger partial charge < -0.3 is 5.11 Å². The molecule has 0 spiro atoms. The zero-order valence-corrected chi connectivity index (χ0v) is 10.1. The first-order chi connectivity index (χ1) is 9.15. The largest absolute Gasteiger partial charge is 0.476 e. The van der Waals surface area contributed by atoms with Gasteiger partial charge in [0.15, 0.2) is 5.69 Å². The fourth-order valence-corrected chi connectivity index (χ4v) is 2.43. The van der Waals surface area contributed by atoms with Crippen molar-refractivity contribution in [3.63, 3.8) is 0 Å². The summed E-state index contributed by atoms with van der Waals surface area (Å²) in [6, 6.07) is 10.5. The standard InChI is InChI=1S/C14H12N2O3/c17-13-6-5-12(14(18)19)15-16(13)8-10-7-9-3-1-2-4-11(9)10/h1-6,10H,7-8H2,(H,18,19). The molecule has 96 valence electrons. The molecule has 1 heterocycles. The van der Waals surface area contributed by atoms with Crippen molar-refractivity contribution in [2.24, 2.45) is 0 Å². The van der Waals surface area contributed by atoms with Crippen LogP contribution in [0, 0.1) is 0 Å². The molecule has 0 saturated carbocycles. The number of carbonyl (C=O) groups is 1. The molecular formula is C14H12N2O3. The molecule has 5 heteroatoms. The minimum absolute atomic E-state index is 0.104. The van der Waals surface area contributed by atoms with Crippen molar-refractivity contribution < 1.29 is 9.90 Å². The zero-order valence-electron chi connectivity index (χ0n) is 10.1. The van der Waals surface area contributed by atoms with Crippen LogP contribution in [0.15, 0.2) is 41.2 Å². The number of rotatable bonds is 3. The van der Waals surface area contributed by atoms with Crippen LogP contribution in [0.3, 0.4) is 0 Å². The maximum absolute atomic E-state index is 11.7. The third-order valence-electron chi connectivity index (χ3n) is 3.44. The Morgan fingerprint density at radius 3 is 2.84 bits per heavy atom. The Balaban J connectivity index is 1.87. The fraction of sp³-hybridized carbons (Fsp3) is 0.214. The molecule has 19 heavy (non-hydrogen) atoms. The fourth-order valence-electron chi connectivity index (χ4n) is 2.43. The van der Waals surface area contributed by atoms with Gasteiger partial charge >= 0.3 is 5.97 Å². The summed E-state index contributed by atoms with van der Waals surface area (Å²) in [5, 5.41) is 12.8. The SMILES string of the molecule is O=C(O)c1ccc(=O)n(CC2Cc3ccccc32)n1. The van der Waals surface area contributed by atoms with E-state index in [0.717, 1.165) is 6.42 Å². The van der Waals surface area contributed by atoms with E-state index in [-0.39, 0.29) is 17.2 Å². The summed E-state index contributed by atoms with van der Waals surface area (Å²) in [7, 11) is 0. The average Bonchev–Trinajstić information content (AvgIpc) is 2.37. The van der Waals surface area contributed by atoms with Gasteiger partial charge in [-0.2, -0.15) is 5.10 Å². The number of nitrogens with zero attached hydrogens (tertiary/aromatic N) is 2. The molecular weight excluding hydrogens is 244 g/mol. The summed E-state index contributed by atoms with van der Waals surface area (Å²) in [6.07, 6.45) is 0.904. The smallest absolute Gasteiger partial charge is 0.356 e. The van der Waals surface area contributed by atoms with E-state index in [9.17, 15) is 9.59 Å². The summed E-state index contributed by atoms with van der Waals surface area (Å²) in [5.74, 6) is -0.881. The molecule has 5 nitrogen and oxygen atoms in total. The molecule has 3 rings (SSSR count). The van der Waals surface area contributed by atoms with Crippen LogP contribution in [0.2, 0.25) is 0 Å². The molecule has 1 aliphatic carbocycles. The van der Waals surface area contributed by atoms with E-state index in [0.29, 0.717) is 6.54 Å². The van der Waals surface area contributed by atoms with Gasteiger partial charge in [0, 0.05) is 12.0 Å². The second kappa shape index (κ2) is 4.35.